The zero-order valence-corrected chi connectivity index (χ0v) is 20.0. The minimum absolute atomic E-state index is 0.257. The van der Waals surface area contributed by atoms with Gasteiger partial charge in [-0.3, -0.25) is 4.79 Å². The fourth-order valence-electron chi connectivity index (χ4n) is 2.10. The molecule has 0 aromatic heterocycles. The maximum absolute atomic E-state index is 12.6. The second-order valence-corrected chi connectivity index (χ2v) is 8.68. The number of carboxylic acid groups (broad SMARTS) is 1. The molecule has 0 saturated carbocycles. The fourth-order valence-corrected chi connectivity index (χ4v) is 5.96. The molecule has 138 valence electrons. The number of halogens is 3. The van der Waals surface area contributed by atoms with Crippen molar-refractivity contribution in [2.24, 2.45) is 0 Å². The summed E-state index contributed by atoms with van der Waals surface area (Å²) in [6.07, 6.45) is -0.535. The Morgan fingerprint density at radius 3 is 2.35 bits per heavy atom. The van der Waals surface area contributed by atoms with Gasteiger partial charge in [-0.15, -0.1) is 0 Å². The predicted molar refractivity (Wildman–Crippen MR) is 126 cm³/mol. The Bertz CT molecular complexity index is 841. The normalized spacial score (nSPS) is 11.7. The predicted octanol–water partition coefficient (Wildman–Crippen LogP) is 4.58. The van der Waals surface area contributed by atoms with Crippen molar-refractivity contribution in [1.29, 1.82) is 0 Å². The van der Waals surface area contributed by atoms with Gasteiger partial charge in [0.2, 0.25) is 0 Å². The monoisotopic (exact) mass is 692 g/mol. The number of amides is 1. The van der Waals surface area contributed by atoms with E-state index in [1.165, 1.54) is 0 Å². The summed E-state index contributed by atoms with van der Waals surface area (Å²) < 4.78 is 7.83. The van der Waals surface area contributed by atoms with Crippen molar-refractivity contribution >= 4 is 91.0 Å². The molecule has 2 rings (SSSR count). The highest BCUT2D eigenvalue weighted by molar-refractivity contribution is 14.1. The number of nitrogens with two attached hydrogens (primary N) is 1. The quantitative estimate of drug-likeness (QED) is 0.305. The molecule has 0 radical (unpaired) electrons. The molecule has 0 fully saturated rings. The van der Waals surface area contributed by atoms with E-state index in [1.54, 1.807) is 31.2 Å². The molecule has 1 atom stereocenters. The van der Waals surface area contributed by atoms with E-state index in [9.17, 15) is 9.59 Å². The van der Waals surface area contributed by atoms with E-state index in [0.717, 1.165) is 7.14 Å². The van der Waals surface area contributed by atoms with Crippen molar-refractivity contribution in [3.05, 3.63) is 46.6 Å². The number of hydrogen-bond donors (Lipinski definition) is 3. The van der Waals surface area contributed by atoms with Gasteiger partial charge in [0, 0.05) is 12.8 Å². The van der Waals surface area contributed by atoms with Crippen molar-refractivity contribution in [2.45, 2.75) is 19.4 Å². The number of rotatable bonds is 6. The third-order valence-corrected chi connectivity index (χ3v) is 6.33. The summed E-state index contributed by atoms with van der Waals surface area (Å²) in [5.74, 6) is -0.835. The molecule has 4 N–H and O–H groups in total. The summed E-state index contributed by atoms with van der Waals surface area (Å²) >= 11 is 6.32. The molecule has 6 nitrogen and oxygen atoms in total. The zero-order valence-electron chi connectivity index (χ0n) is 13.6. The van der Waals surface area contributed by atoms with Gasteiger partial charge in [-0.1, -0.05) is 6.92 Å². The van der Waals surface area contributed by atoms with Crippen molar-refractivity contribution in [3.8, 4) is 5.75 Å². The van der Waals surface area contributed by atoms with E-state index in [1.807, 2.05) is 6.07 Å². The van der Waals surface area contributed by atoms with Crippen LogP contribution in [0.1, 0.15) is 23.7 Å². The van der Waals surface area contributed by atoms with Gasteiger partial charge in [0.25, 0.3) is 5.91 Å². The first kappa shape index (κ1) is 21.5. The van der Waals surface area contributed by atoms with Crippen LogP contribution in [0.3, 0.4) is 0 Å². The third kappa shape index (κ3) is 5.12. The van der Waals surface area contributed by atoms with Gasteiger partial charge >= 0.3 is 5.97 Å². The first-order chi connectivity index (χ1) is 12.2. The van der Waals surface area contributed by atoms with Gasteiger partial charge in [-0.05, 0) is 105 Å². The maximum Gasteiger partial charge on any atom is 0.344 e. The van der Waals surface area contributed by atoms with E-state index in [-0.39, 0.29) is 5.91 Å². The summed E-state index contributed by atoms with van der Waals surface area (Å²) in [5.41, 5.74) is 7.71. The molecule has 9 heteroatoms. The van der Waals surface area contributed by atoms with E-state index in [0.29, 0.717) is 32.7 Å². The average molecular weight is 692 g/mol. The Morgan fingerprint density at radius 2 is 1.81 bits per heavy atom. The fraction of sp³-hybridized carbons (Fsp3) is 0.176. The number of carbonyl (C=O) groups is 2. The molecule has 0 heterocycles. The highest BCUT2D eigenvalue weighted by atomic mass is 127. The molecular formula is C17H15I3N2O4. The Hall–Kier alpha value is -0.830. The zero-order chi connectivity index (χ0) is 19.4. The van der Waals surface area contributed by atoms with Gasteiger partial charge in [0.1, 0.15) is 5.75 Å². The second kappa shape index (κ2) is 9.39. The average Bonchev–Trinajstić information content (AvgIpc) is 2.58. The van der Waals surface area contributed by atoms with Gasteiger partial charge in [0.15, 0.2) is 6.10 Å². The molecule has 0 aliphatic carbocycles. The largest absolute Gasteiger partial charge is 0.479 e. The molecule has 2 aromatic rings. The molecule has 0 aliphatic rings. The number of hydrogen-bond acceptors (Lipinski definition) is 4. The second-order valence-electron chi connectivity index (χ2n) is 5.27. The van der Waals surface area contributed by atoms with Crippen molar-refractivity contribution < 1.29 is 19.4 Å². The maximum atomic E-state index is 12.6. The minimum atomic E-state index is -1.01. The van der Waals surface area contributed by atoms with E-state index in [4.69, 9.17) is 15.6 Å². The number of carboxylic acids is 1. The van der Waals surface area contributed by atoms with Crippen LogP contribution in [0, 0.1) is 10.7 Å². The number of benzene rings is 2. The molecular weight excluding hydrogens is 677 g/mol. The number of anilines is 2. The summed E-state index contributed by atoms with van der Waals surface area (Å²) in [4.78, 5) is 23.7. The summed E-state index contributed by atoms with van der Waals surface area (Å²) in [6, 6.07) is 8.44. The summed E-state index contributed by atoms with van der Waals surface area (Å²) in [6.45, 7) is 1.74. The molecule has 1 amide bonds. The van der Waals surface area contributed by atoms with Crippen LogP contribution in [0.4, 0.5) is 11.4 Å². The van der Waals surface area contributed by atoms with Gasteiger partial charge in [-0.2, -0.15) is 0 Å². The first-order valence-corrected chi connectivity index (χ1v) is 10.7. The van der Waals surface area contributed by atoms with Gasteiger partial charge in [-0.25, -0.2) is 4.79 Å². The topological polar surface area (TPSA) is 102 Å². The Balaban J connectivity index is 2.16. The third-order valence-electron chi connectivity index (χ3n) is 3.47. The lowest BCUT2D eigenvalue weighted by Crippen LogP contribution is -2.25. The van der Waals surface area contributed by atoms with Gasteiger partial charge < -0.3 is 20.9 Å². The van der Waals surface area contributed by atoms with Crippen LogP contribution in [0.15, 0.2) is 30.3 Å². The molecule has 1 unspecified atom stereocenters. The van der Waals surface area contributed by atoms with Gasteiger partial charge in [0.05, 0.1) is 14.8 Å². The van der Waals surface area contributed by atoms with Crippen molar-refractivity contribution in [1.82, 2.24) is 0 Å². The minimum Gasteiger partial charge on any atom is -0.479 e. The van der Waals surface area contributed by atoms with Crippen LogP contribution in [0.2, 0.25) is 0 Å². The Kier molecular flexibility index (Phi) is 7.76. The van der Waals surface area contributed by atoms with Crippen LogP contribution in [-0.4, -0.2) is 23.1 Å². The van der Waals surface area contributed by atoms with Crippen LogP contribution in [-0.2, 0) is 4.79 Å². The first-order valence-electron chi connectivity index (χ1n) is 7.48. The lowest BCUT2D eigenvalue weighted by atomic mass is 10.2. The molecule has 0 bridgehead atoms. The molecule has 0 saturated heterocycles. The van der Waals surface area contributed by atoms with Crippen LogP contribution in [0.25, 0.3) is 0 Å². The van der Waals surface area contributed by atoms with Crippen molar-refractivity contribution in [3.63, 3.8) is 0 Å². The highest BCUT2D eigenvalue weighted by Gasteiger charge is 2.19. The molecule has 2 aromatic carbocycles. The standard InChI is InChI=1S/C17H15I3N2O4/c1-2-12(17(24)25)26-9-5-3-8(4-6-9)22-16(23)13-10(18)7-11(19)15(21)14(13)20/h3-7,12H,2,21H2,1H3,(H,22,23)(H,24,25). The SMILES string of the molecule is CCC(Oc1ccc(NC(=O)c2c(I)cc(I)c(N)c2I)cc1)C(=O)O. The summed E-state index contributed by atoms with van der Waals surface area (Å²) in [7, 11) is 0. The molecule has 0 aliphatic heterocycles. The van der Waals surface area contributed by atoms with Crippen LogP contribution >= 0.6 is 67.8 Å². The smallest absolute Gasteiger partial charge is 0.344 e. The van der Waals surface area contributed by atoms with Crippen LogP contribution in [0.5, 0.6) is 5.75 Å². The lowest BCUT2D eigenvalue weighted by molar-refractivity contribution is -0.145. The van der Waals surface area contributed by atoms with Crippen molar-refractivity contribution in [2.75, 3.05) is 11.1 Å². The summed E-state index contributed by atoms with van der Waals surface area (Å²) in [5, 5.41) is 11.9. The number of nitrogens with one attached hydrogen (secondary N) is 1. The number of nitrogen functional groups attached to an aromatic ring is 1. The van der Waals surface area contributed by atoms with E-state index in [2.05, 4.69) is 73.1 Å². The van der Waals surface area contributed by atoms with Crippen LogP contribution < -0.4 is 15.8 Å². The number of carbonyl (C=O) groups excluding carboxylic acids is 1. The molecule has 0 spiro atoms. The molecule has 26 heavy (non-hydrogen) atoms. The lowest BCUT2D eigenvalue weighted by Gasteiger charge is -2.14. The van der Waals surface area contributed by atoms with E-state index < -0.39 is 12.1 Å². The Morgan fingerprint density at radius 1 is 1.19 bits per heavy atom. The van der Waals surface area contributed by atoms with E-state index >= 15 is 0 Å². The number of aliphatic carboxylic acids is 1. The Labute approximate surface area is 191 Å². The number of ether oxygens (including phenoxy) is 1. The highest BCUT2D eigenvalue weighted by Crippen LogP contribution is 2.30.